The first-order valence-corrected chi connectivity index (χ1v) is 6.13. The average molecular weight is 230 g/mol. The van der Waals surface area contributed by atoms with E-state index in [1.807, 2.05) is 0 Å². The highest BCUT2D eigenvalue weighted by Crippen LogP contribution is 2.15. The second kappa shape index (κ2) is 6.55. The molecule has 0 aliphatic carbocycles. The summed E-state index contributed by atoms with van der Waals surface area (Å²) in [6.45, 7) is 8.61. The molecule has 1 unspecified atom stereocenters. The third-order valence-corrected chi connectivity index (χ3v) is 2.73. The minimum atomic E-state index is -0.117. The second-order valence-electron chi connectivity index (χ2n) is 5.35. The van der Waals surface area contributed by atoms with E-state index in [0.717, 1.165) is 26.1 Å². The Labute approximate surface area is 99.1 Å². The van der Waals surface area contributed by atoms with Crippen LogP contribution in [0, 0.1) is 0 Å². The Balaban J connectivity index is 2.24. The van der Waals surface area contributed by atoms with E-state index >= 15 is 0 Å². The average Bonchev–Trinajstić information content (AvgIpc) is 2.16. The summed E-state index contributed by atoms with van der Waals surface area (Å²) in [5.41, 5.74) is 5.91. The number of methoxy groups -OCH3 is 1. The van der Waals surface area contributed by atoms with Crippen LogP contribution in [0.25, 0.3) is 0 Å². The van der Waals surface area contributed by atoms with Crippen molar-refractivity contribution in [3.8, 4) is 0 Å². The van der Waals surface area contributed by atoms with Crippen LogP contribution in [0.4, 0.5) is 0 Å². The first-order valence-electron chi connectivity index (χ1n) is 6.13. The number of rotatable bonds is 6. The van der Waals surface area contributed by atoms with Gasteiger partial charge in [0.15, 0.2) is 0 Å². The lowest BCUT2D eigenvalue weighted by Crippen LogP contribution is -2.50. The molecule has 0 aromatic rings. The van der Waals surface area contributed by atoms with Gasteiger partial charge < -0.3 is 15.2 Å². The zero-order valence-electron chi connectivity index (χ0n) is 10.9. The van der Waals surface area contributed by atoms with E-state index in [0.29, 0.717) is 19.3 Å². The summed E-state index contributed by atoms with van der Waals surface area (Å²) in [4.78, 5) is 2.40. The van der Waals surface area contributed by atoms with Crippen molar-refractivity contribution in [2.24, 2.45) is 5.73 Å². The molecule has 0 saturated carbocycles. The number of hydrogen-bond acceptors (Lipinski definition) is 4. The zero-order chi connectivity index (χ0) is 12.0. The van der Waals surface area contributed by atoms with Crippen molar-refractivity contribution in [3.05, 3.63) is 0 Å². The largest absolute Gasteiger partial charge is 0.382 e. The molecule has 1 fully saturated rings. The van der Waals surface area contributed by atoms with Crippen LogP contribution in [-0.2, 0) is 9.47 Å². The minimum Gasteiger partial charge on any atom is -0.382 e. The summed E-state index contributed by atoms with van der Waals surface area (Å²) in [6, 6.07) is 0. The zero-order valence-corrected chi connectivity index (χ0v) is 10.9. The Morgan fingerprint density at radius 2 is 2.12 bits per heavy atom. The molecule has 1 rings (SSSR count). The summed E-state index contributed by atoms with van der Waals surface area (Å²) >= 11 is 0. The van der Waals surface area contributed by atoms with Gasteiger partial charge in [-0.2, -0.15) is 0 Å². The monoisotopic (exact) mass is 230 g/mol. The van der Waals surface area contributed by atoms with Crippen LogP contribution in [0.3, 0.4) is 0 Å². The van der Waals surface area contributed by atoms with Gasteiger partial charge in [-0.1, -0.05) is 0 Å². The van der Waals surface area contributed by atoms with Gasteiger partial charge in [-0.15, -0.1) is 0 Å². The lowest BCUT2D eigenvalue weighted by Gasteiger charge is -2.36. The molecule has 0 spiro atoms. The van der Waals surface area contributed by atoms with Crippen LogP contribution in [-0.4, -0.2) is 56.5 Å². The van der Waals surface area contributed by atoms with E-state index in [2.05, 4.69) is 18.7 Å². The van der Waals surface area contributed by atoms with E-state index in [4.69, 9.17) is 15.2 Å². The number of hydrogen-bond donors (Lipinski definition) is 1. The highest BCUT2D eigenvalue weighted by Gasteiger charge is 2.24. The fourth-order valence-corrected chi connectivity index (χ4v) is 2.17. The molecule has 0 aromatic heterocycles. The number of likely N-dealkylation sites (tertiary alicyclic amines) is 1. The van der Waals surface area contributed by atoms with E-state index in [1.54, 1.807) is 7.11 Å². The SMILES string of the molecule is COCCOC1CCCN(CC(C)(C)N)C1. The molecule has 0 radical (unpaired) electrons. The predicted molar refractivity (Wildman–Crippen MR) is 65.6 cm³/mol. The van der Waals surface area contributed by atoms with Crippen LogP contribution in [0.15, 0.2) is 0 Å². The molecular weight excluding hydrogens is 204 g/mol. The van der Waals surface area contributed by atoms with Crippen molar-refractivity contribution in [3.63, 3.8) is 0 Å². The van der Waals surface area contributed by atoms with Crippen molar-refractivity contribution in [1.29, 1.82) is 0 Å². The van der Waals surface area contributed by atoms with Crippen LogP contribution >= 0.6 is 0 Å². The molecule has 16 heavy (non-hydrogen) atoms. The topological polar surface area (TPSA) is 47.7 Å². The van der Waals surface area contributed by atoms with Gasteiger partial charge in [0.1, 0.15) is 0 Å². The fourth-order valence-electron chi connectivity index (χ4n) is 2.17. The summed E-state index contributed by atoms with van der Waals surface area (Å²) in [7, 11) is 1.70. The molecule has 96 valence electrons. The highest BCUT2D eigenvalue weighted by atomic mass is 16.5. The molecule has 1 aliphatic rings. The molecule has 0 bridgehead atoms. The number of piperidine rings is 1. The third-order valence-electron chi connectivity index (χ3n) is 2.73. The predicted octanol–water partition coefficient (Wildman–Crippen LogP) is 0.851. The number of ether oxygens (including phenoxy) is 2. The fraction of sp³-hybridized carbons (Fsp3) is 1.00. The van der Waals surface area contributed by atoms with E-state index in [9.17, 15) is 0 Å². The Bertz CT molecular complexity index is 192. The second-order valence-corrected chi connectivity index (χ2v) is 5.35. The van der Waals surface area contributed by atoms with Gasteiger partial charge in [-0.05, 0) is 33.2 Å². The summed E-state index contributed by atoms with van der Waals surface area (Å²) in [5, 5.41) is 0. The lowest BCUT2D eigenvalue weighted by atomic mass is 10.0. The van der Waals surface area contributed by atoms with E-state index in [-0.39, 0.29) is 5.54 Å². The molecular formula is C12H26N2O2. The van der Waals surface area contributed by atoms with Gasteiger partial charge in [-0.25, -0.2) is 0 Å². The van der Waals surface area contributed by atoms with E-state index in [1.165, 1.54) is 6.42 Å². The molecule has 1 saturated heterocycles. The Kier molecular flexibility index (Phi) is 5.69. The van der Waals surface area contributed by atoms with Crippen LogP contribution < -0.4 is 5.73 Å². The summed E-state index contributed by atoms with van der Waals surface area (Å²) in [5.74, 6) is 0. The van der Waals surface area contributed by atoms with Gasteiger partial charge in [0.05, 0.1) is 19.3 Å². The Morgan fingerprint density at radius 1 is 1.38 bits per heavy atom. The van der Waals surface area contributed by atoms with Gasteiger partial charge in [0.25, 0.3) is 0 Å². The summed E-state index contributed by atoms with van der Waals surface area (Å²) < 4.78 is 10.7. The Morgan fingerprint density at radius 3 is 2.75 bits per heavy atom. The molecule has 4 nitrogen and oxygen atoms in total. The normalized spacial score (nSPS) is 23.6. The third kappa shape index (κ3) is 5.80. The maximum Gasteiger partial charge on any atom is 0.0704 e. The maximum atomic E-state index is 6.03. The highest BCUT2D eigenvalue weighted by molar-refractivity contribution is 4.81. The van der Waals surface area contributed by atoms with Crippen molar-refractivity contribution < 1.29 is 9.47 Å². The van der Waals surface area contributed by atoms with E-state index < -0.39 is 0 Å². The van der Waals surface area contributed by atoms with Crippen LogP contribution in [0.2, 0.25) is 0 Å². The first kappa shape index (κ1) is 13.9. The minimum absolute atomic E-state index is 0.117. The summed E-state index contributed by atoms with van der Waals surface area (Å²) in [6.07, 6.45) is 2.71. The Hall–Kier alpha value is -0.160. The number of nitrogens with zero attached hydrogens (tertiary/aromatic N) is 1. The van der Waals surface area contributed by atoms with Gasteiger partial charge in [0, 0.05) is 25.7 Å². The maximum absolute atomic E-state index is 6.03. The first-order chi connectivity index (χ1) is 7.51. The van der Waals surface area contributed by atoms with Crippen LogP contribution in [0.5, 0.6) is 0 Å². The number of nitrogens with two attached hydrogens (primary N) is 1. The lowest BCUT2D eigenvalue weighted by molar-refractivity contribution is -0.0235. The molecule has 1 atom stereocenters. The molecule has 0 aromatic carbocycles. The quantitative estimate of drug-likeness (QED) is 0.687. The standard InChI is InChI=1S/C12H26N2O2/c1-12(2,13)10-14-6-4-5-11(9-14)16-8-7-15-3/h11H,4-10,13H2,1-3H3. The van der Waals surface area contributed by atoms with Gasteiger partial charge in [0.2, 0.25) is 0 Å². The van der Waals surface area contributed by atoms with Crippen molar-refractivity contribution in [1.82, 2.24) is 4.90 Å². The molecule has 0 amide bonds. The molecule has 1 heterocycles. The van der Waals surface area contributed by atoms with Crippen LogP contribution in [0.1, 0.15) is 26.7 Å². The molecule has 4 heteroatoms. The van der Waals surface area contributed by atoms with Crippen molar-refractivity contribution in [2.45, 2.75) is 38.3 Å². The van der Waals surface area contributed by atoms with Crippen molar-refractivity contribution >= 4 is 0 Å². The van der Waals surface area contributed by atoms with Gasteiger partial charge in [-0.3, -0.25) is 4.90 Å². The smallest absolute Gasteiger partial charge is 0.0704 e. The molecule has 2 N–H and O–H groups in total. The van der Waals surface area contributed by atoms with Gasteiger partial charge >= 0.3 is 0 Å². The van der Waals surface area contributed by atoms with Crippen molar-refractivity contribution in [2.75, 3.05) is 40.0 Å². The molecule has 1 aliphatic heterocycles.